The van der Waals surface area contributed by atoms with E-state index in [4.69, 9.17) is 15.2 Å². The smallest absolute Gasteiger partial charge is 0.217 e. The molecule has 5 nitrogen and oxygen atoms in total. The Hall–Kier alpha value is -1.07. The minimum atomic E-state index is -0.140. The van der Waals surface area contributed by atoms with Crippen LogP contribution in [0.4, 0.5) is 0 Å². The van der Waals surface area contributed by atoms with Crippen LogP contribution in [0.2, 0.25) is 0 Å². The number of aryl methyl sites for hydroxylation is 2. The lowest BCUT2D eigenvalue weighted by Crippen LogP contribution is -2.17. The fraction of sp³-hybridized carbons (Fsp3) is 0.700. The second kappa shape index (κ2) is 5.14. The molecule has 1 rings (SSSR count). The van der Waals surface area contributed by atoms with Gasteiger partial charge in [0.05, 0.1) is 18.4 Å². The summed E-state index contributed by atoms with van der Waals surface area (Å²) in [6, 6.07) is 0. The van der Waals surface area contributed by atoms with E-state index in [1.54, 1.807) is 11.8 Å². The summed E-state index contributed by atoms with van der Waals surface area (Å²) in [5.41, 5.74) is 7.52. The lowest BCUT2D eigenvalue weighted by atomic mass is 10.1. The van der Waals surface area contributed by atoms with Crippen molar-refractivity contribution < 1.29 is 9.47 Å². The quantitative estimate of drug-likeness (QED) is 0.785. The minimum Gasteiger partial charge on any atom is -0.481 e. The molecule has 0 aliphatic rings. The lowest BCUT2D eigenvalue weighted by molar-refractivity contribution is 0.0664. The van der Waals surface area contributed by atoms with Crippen LogP contribution in [0, 0.1) is 6.92 Å². The highest BCUT2D eigenvalue weighted by Crippen LogP contribution is 2.29. The fourth-order valence-electron chi connectivity index (χ4n) is 1.74. The molecule has 1 aromatic heterocycles. The van der Waals surface area contributed by atoms with E-state index >= 15 is 0 Å². The van der Waals surface area contributed by atoms with Crippen molar-refractivity contribution >= 4 is 0 Å². The van der Waals surface area contributed by atoms with E-state index in [0.29, 0.717) is 13.2 Å². The van der Waals surface area contributed by atoms with Gasteiger partial charge < -0.3 is 15.2 Å². The molecule has 0 saturated carbocycles. The molecule has 5 heteroatoms. The summed E-state index contributed by atoms with van der Waals surface area (Å²) in [6.45, 7) is 4.93. The molecule has 0 radical (unpaired) electrons. The number of aromatic nitrogens is 2. The number of hydrogen-bond acceptors (Lipinski definition) is 4. The highest BCUT2D eigenvalue weighted by atomic mass is 16.5. The average Bonchev–Trinajstić information content (AvgIpc) is 2.49. The number of rotatable bonds is 5. The van der Waals surface area contributed by atoms with E-state index in [9.17, 15) is 0 Å². The molecule has 0 spiro atoms. The van der Waals surface area contributed by atoms with Gasteiger partial charge in [0.1, 0.15) is 6.10 Å². The van der Waals surface area contributed by atoms with E-state index in [1.165, 1.54) is 0 Å². The van der Waals surface area contributed by atoms with Gasteiger partial charge in [-0.15, -0.1) is 0 Å². The van der Waals surface area contributed by atoms with Crippen LogP contribution in [0.15, 0.2) is 0 Å². The van der Waals surface area contributed by atoms with E-state index in [0.717, 1.165) is 17.1 Å². The summed E-state index contributed by atoms with van der Waals surface area (Å²) in [7, 11) is 3.47. The van der Waals surface area contributed by atoms with Gasteiger partial charge >= 0.3 is 0 Å². The molecule has 0 saturated heterocycles. The number of ether oxygens (including phenoxy) is 2. The molecular weight excluding hydrogens is 194 g/mol. The van der Waals surface area contributed by atoms with Crippen LogP contribution in [-0.2, 0) is 11.8 Å². The first kappa shape index (κ1) is 12.0. The molecule has 0 bridgehead atoms. The summed E-state index contributed by atoms with van der Waals surface area (Å²) < 4.78 is 12.5. The van der Waals surface area contributed by atoms with E-state index in [-0.39, 0.29) is 6.10 Å². The normalized spacial score (nSPS) is 12.9. The van der Waals surface area contributed by atoms with Gasteiger partial charge in [-0.25, -0.2) is 4.68 Å². The van der Waals surface area contributed by atoms with Crippen LogP contribution in [0.1, 0.15) is 24.3 Å². The van der Waals surface area contributed by atoms with Crippen LogP contribution in [0.25, 0.3) is 0 Å². The second-order valence-electron chi connectivity index (χ2n) is 3.31. The number of nitrogens with two attached hydrogens (primary N) is 1. The monoisotopic (exact) mass is 213 g/mol. The van der Waals surface area contributed by atoms with E-state index < -0.39 is 0 Å². The molecule has 0 fully saturated rings. The van der Waals surface area contributed by atoms with Gasteiger partial charge in [0.2, 0.25) is 5.88 Å². The number of methoxy groups -OCH3 is 1. The third-order valence-electron chi connectivity index (χ3n) is 2.31. The highest BCUT2D eigenvalue weighted by molar-refractivity contribution is 5.33. The van der Waals surface area contributed by atoms with Crippen molar-refractivity contribution in [1.82, 2.24) is 9.78 Å². The molecule has 1 atom stereocenters. The fourth-order valence-corrected chi connectivity index (χ4v) is 1.74. The third kappa shape index (κ3) is 2.30. The first-order chi connectivity index (χ1) is 7.15. The second-order valence-corrected chi connectivity index (χ2v) is 3.31. The van der Waals surface area contributed by atoms with Crippen molar-refractivity contribution in [2.24, 2.45) is 12.8 Å². The SMILES string of the molecule is CCOC(CN)c1c(C)nn(C)c1OC. The van der Waals surface area contributed by atoms with Crippen LogP contribution < -0.4 is 10.5 Å². The van der Waals surface area contributed by atoms with Crippen LogP contribution >= 0.6 is 0 Å². The van der Waals surface area contributed by atoms with Crippen molar-refractivity contribution in [3.05, 3.63) is 11.3 Å². The third-order valence-corrected chi connectivity index (χ3v) is 2.31. The molecule has 0 aromatic carbocycles. The molecule has 0 aliphatic heterocycles. The molecule has 2 N–H and O–H groups in total. The summed E-state index contributed by atoms with van der Waals surface area (Å²) in [4.78, 5) is 0. The zero-order valence-electron chi connectivity index (χ0n) is 9.78. The highest BCUT2D eigenvalue weighted by Gasteiger charge is 2.22. The Morgan fingerprint density at radius 3 is 2.67 bits per heavy atom. The first-order valence-electron chi connectivity index (χ1n) is 5.04. The lowest BCUT2D eigenvalue weighted by Gasteiger charge is -2.15. The van der Waals surface area contributed by atoms with Crippen molar-refractivity contribution in [1.29, 1.82) is 0 Å². The summed E-state index contributed by atoms with van der Waals surface area (Å²) in [5, 5.41) is 4.29. The van der Waals surface area contributed by atoms with Gasteiger partial charge in [-0.3, -0.25) is 0 Å². The molecule has 15 heavy (non-hydrogen) atoms. The Bertz CT molecular complexity index is 323. The standard InChI is InChI=1S/C10H19N3O2/c1-5-15-8(6-11)9-7(2)12-13(3)10(9)14-4/h8H,5-6,11H2,1-4H3. The maximum absolute atomic E-state index is 5.68. The van der Waals surface area contributed by atoms with Crippen molar-refractivity contribution in [2.75, 3.05) is 20.3 Å². The average molecular weight is 213 g/mol. The predicted molar refractivity (Wildman–Crippen MR) is 57.9 cm³/mol. The number of nitrogens with zero attached hydrogens (tertiary/aromatic N) is 2. The van der Waals surface area contributed by atoms with Crippen molar-refractivity contribution in [2.45, 2.75) is 20.0 Å². The molecule has 1 unspecified atom stereocenters. The summed E-state index contributed by atoms with van der Waals surface area (Å²) in [6.07, 6.45) is -0.140. The topological polar surface area (TPSA) is 62.3 Å². The Balaban J connectivity index is 3.09. The largest absolute Gasteiger partial charge is 0.481 e. The van der Waals surface area contributed by atoms with Crippen LogP contribution in [0.5, 0.6) is 5.88 Å². The Morgan fingerprint density at radius 1 is 1.53 bits per heavy atom. The van der Waals surface area contributed by atoms with Crippen LogP contribution in [-0.4, -0.2) is 30.0 Å². The van der Waals surface area contributed by atoms with E-state index in [2.05, 4.69) is 5.10 Å². The molecule has 0 aliphatic carbocycles. The number of hydrogen-bond donors (Lipinski definition) is 1. The molecule has 0 amide bonds. The molecule has 86 valence electrons. The predicted octanol–water partition coefficient (Wildman–Crippen LogP) is 0.773. The zero-order chi connectivity index (χ0) is 11.4. The van der Waals surface area contributed by atoms with Gasteiger partial charge in [-0.1, -0.05) is 0 Å². The van der Waals surface area contributed by atoms with Gasteiger partial charge in [-0.2, -0.15) is 5.10 Å². The van der Waals surface area contributed by atoms with Crippen molar-refractivity contribution in [3.8, 4) is 5.88 Å². The van der Waals surface area contributed by atoms with Gasteiger partial charge in [0, 0.05) is 20.2 Å². The van der Waals surface area contributed by atoms with Crippen molar-refractivity contribution in [3.63, 3.8) is 0 Å². The van der Waals surface area contributed by atoms with E-state index in [1.807, 2.05) is 20.9 Å². The van der Waals surface area contributed by atoms with Gasteiger partial charge in [0.25, 0.3) is 0 Å². The summed E-state index contributed by atoms with van der Waals surface area (Å²) >= 11 is 0. The van der Waals surface area contributed by atoms with Gasteiger partial charge in [-0.05, 0) is 13.8 Å². The first-order valence-corrected chi connectivity index (χ1v) is 5.04. The Kier molecular flexibility index (Phi) is 4.11. The minimum absolute atomic E-state index is 0.140. The molecule has 1 heterocycles. The Morgan fingerprint density at radius 2 is 2.20 bits per heavy atom. The molecular formula is C10H19N3O2. The summed E-state index contributed by atoms with van der Waals surface area (Å²) in [5.74, 6) is 0.719. The maximum Gasteiger partial charge on any atom is 0.217 e. The Labute approximate surface area is 90.2 Å². The van der Waals surface area contributed by atoms with Gasteiger partial charge in [0.15, 0.2) is 0 Å². The maximum atomic E-state index is 5.68. The zero-order valence-corrected chi connectivity index (χ0v) is 9.78. The molecule has 1 aromatic rings. The van der Waals surface area contributed by atoms with Crippen LogP contribution in [0.3, 0.4) is 0 Å².